The molecule has 0 aliphatic rings. The largest absolute Gasteiger partial charge is 0.507 e. The summed E-state index contributed by atoms with van der Waals surface area (Å²) < 4.78 is 0. The summed E-state index contributed by atoms with van der Waals surface area (Å²) in [6.45, 7) is 0. The van der Waals surface area contributed by atoms with Crippen molar-refractivity contribution in [1.82, 2.24) is 0 Å². The molecule has 2 aromatic carbocycles. The topological polar surface area (TPSA) is 52.8 Å². The van der Waals surface area contributed by atoms with Crippen LogP contribution < -0.4 is 0 Å². The fourth-order valence-electron chi connectivity index (χ4n) is 1.44. The van der Waals surface area contributed by atoms with Crippen molar-refractivity contribution in [3.63, 3.8) is 0 Å². The number of nitrogens with zero attached hydrogens (tertiary/aromatic N) is 1. The van der Waals surface area contributed by atoms with Gasteiger partial charge in [0.05, 0.1) is 6.21 Å². The van der Waals surface area contributed by atoms with Gasteiger partial charge in [-0.1, -0.05) is 35.5 Å². The molecule has 0 saturated carbocycles. The van der Waals surface area contributed by atoms with Crippen LogP contribution in [-0.4, -0.2) is 16.5 Å². The van der Waals surface area contributed by atoms with Gasteiger partial charge in [-0.2, -0.15) is 0 Å². The van der Waals surface area contributed by atoms with Crippen LogP contribution in [0.1, 0.15) is 5.56 Å². The van der Waals surface area contributed by atoms with Crippen LogP contribution in [-0.2, 0) is 0 Å². The summed E-state index contributed by atoms with van der Waals surface area (Å²) in [5, 5.41) is 22.8. The molecule has 3 nitrogen and oxygen atoms in total. The Morgan fingerprint density at radius 2 is 1.86 bits per heavy atom. The first-order valence-corrected chi connectivity index (χ1v) is 4.21. The van der Waals surface area contributed by atoms with Crippen LogP contribution in [0.15, 0.2) is 41.6 Å². The fraction of sp³-hybridized carbons (Fsp3) is 0. The first kappa shape index (κ1) is 8.56. The van der Waals surface area contributed by atoms with Crippen molar-refractivity contribution in [3.8, 4) is 5.75 Å². The van der Waals surface area contributed by atoms with E-state index in [-0.39, 0.29) is 5.75 Å². The third-order valence-corrected chi connectivity index (χ3v) is 2.13. The van der Waals surface area contributed by atoms with E-state index in [1.54, 1.807) is 6.07 Å². The average molecular weight is 187 g/mol. The smallest absolute Gasteiger partial charge is 0.132 e. The Kier molecular flexibility index (Phi) is 2.07. The number of fused-ring (bicyclic) bond motifs is 1. The van der Waals surface area contributed by atoms with Crippen molar-refractivity contribution < 1.29 is 10.3 Å². The van der Waals surface area contributed by atoms with E-state index in [0.717, 1.165) is 10.8 Å². The molecule has 14 heavy (non-hydrogen) atoms. The molecule has 0 atom stereocenters. The maximum absolute atomic E-state index is 9.78. The quantitative estimate of drug-likeness (QED) is 0.409. The number of phenolic OH excluding ortho intramolecular Hbond substituents is 1. The first-order valence-electron chi connectivity index (χ1n) is 4.21. The molecule has 2 N–H and O–H groups in total. The highest BCUT2D eigenvalue weighted by molar-refractivity contribution is 5.96. The molecule has 2 aromatic rings. The molecule has 0 fully saturated rings. The Morgan fingerprint density at radius 3 is 2.64 bits per heavy atom. The maximum atomic E-state index is 9.78. The average Bonchev–Trinajstić information content (AvgIpc) is 2.23. The van der Waals surface area contributed by atoms with Crippen LogP contribution in [0.3, 0.4) is 0 Å². The lowest BCUT2D eigenvalue weighted by atomic mass is 10.1. The van der Waals surface area contributed by atoms with Gasteiger partial charge in [-0.05, 0) is 11.5 Å². The normalized spacial score (nSPS) is 11.1. The number of oxime groups is 1. The molecule has 3 heteroatoms. The molecular weight excluding hydrogens is 178 g/mol. The van der Waals surface area contributed by atoms with E-state index in [0.29, 0.717) is 5.56 Å². The minimum Gasteiger partial charge on any atom is -0.507 e. The minimum atomic E-state index is 0.140. The van der Waals surface area contributed by atoms with E-state index in [9.17, 15) is 5.11 Å². The number of hydrogen-bond acceptors (Lipinski definition) is 3. The summed E-state index contributed by atoms with van der Waals surface area (Å²) in [5.74, 6) is 0.140. The molecule has 0 bridgehead atoms. The van der Waals surface area contributed by atoms with Crippen LogP contribution in [0.5, 0.6) is 5.75 Å². The molecule has 2 rings (SSSR count). The Hall–Kier alpha value is -2.03. The fourth-order valence-corrected chi connectivity index (χ4v) is 1.44. The van der Waals surface area contributed by atoms with Gasteiger partial charge in [0.2, 0.25) is 0 Å². The summed E-state index contributed by atoms with van der Waals surface area (Å²) in [4.78, 5) is 0. The summed E-state index contributed by atoms with van der Waals surface area (Å²) >= 11 is 0. The van der Waals surface area contributed by atoms with Crippen LogP contribution in [0.25, 0.3) is 10.8 Å². The highest BCUT2D eigenvalue weighted by atomic mass is 16.4. The van der Waals surface area contributed by atoms with Gasteiger partial charge in [0.25, 0.3) is 0 Å². The summed E-state index contributed by atoms with van der Waals surface area (Å²) in [6, 6.07) is 11.1. The molecule has 0 heterocycles. The molecule has 0 aliphatic carbocycles. The lowest BCUT2D eigenvalue weighted by Gasteiger charge is -2.02. The Bertz CT molecular complexity index is 492. The monoisotopic (exact) mass is 187 g/mol. The van der Waals surface area contributed by atoms with Gasteiger partial charge in [0, 0.05) is 10.9 Å². The second kappa shape index (κ2) is 3.38. The first-order chi connectivity index (χ1) is 6.83. The van der Waals surface area contributed by atoms with Gasteiger partial charge in [-0.3, -0.25) is 0 Å². The molecule has 0 saturated heterocycles. The van der Waals surface area contributed by atoms with E-state index >= 15 is 0 Å². The minimum absolute atomic E-state index is 0.140. The predicted molar refractivity (Wildman–Crippen MR) is 55.0 cm³/mol. The molecule has 0 unspecified atom stereocenters. The van der Waals surface area contributed by atoms with Crippen LogP contribution in [0.2, 0.25) is 0 Å². The highest BCUT2D eigenvalue weighted by Crippen LogP contribution is 2.27. The standard InChI is InChI=1S/C11H9NO2/c13-11-9(7-12-14)6-5-8-3-1-2-4-10(8)11/h1-7,13-14H. The van der Waals surface area contributed by atoms with Gasteiger partial charge in [0.15, 0.2) is 0 Å². The molecular formula is C11H9NO2. The number of aromatic hydroxyl groups is 1. The Labute approximate surface area is 80.9 Å². The van der Waals surface area contributed by atoms with Gasteiger partial charge in [-0.25, -0.2) is 0 Å². The molecule has 0 spiro atoms. The van der Waals surface area contributed by atoms with E-state index in [1.165, 1.54) is 6.21 Å². The summed E-state index contributed by atoms with van der Waals surface area (Å²) in [5.41, 5.74) is 0.506. The third-order valence-electron chi connectivity index (χ3n) is 2.13. The van der Waals surface area contributed by atoms with Crippen molar-refractivity contribution in [2.45, 2.75) is 0 Å². The van der Waals surface area contributed by atoms with Gasteiger partial charge in [-0.15, -0.1) is 0 Å². The number of phenols is 1. The highest BCUT2D eigenvalue weighted by Gasteiger charge is 2.03. The lowest BCUT2D eigenvalue weighted by Crippen LogP contribution is -1.83. The number of hydrogen-bond donors (Lipinski definition) is 2. The number of rotatable bonds is 1. The van der Waals surface area contributed by atoms with E-state index in [1.807, 2.05) is 30.3 Å². The zero-order valence-corrected chi connectivity index (χ0v) is 7.38. The van der Waals surface area contributed by atoms with Crippen LogP contribution in [0, 0.1) is 0 Å². The van der Waals surface area contributed by atoms with Gasteiger partial charge < -0.3 is 10.3 Å². The van der Waals surface area contributed by atoms with E-state index in [2.05, 4.69) is 5.16 Å². The van der Waals surface area contributed by atoms with E-state index in [4.69, 9.17) is 5.21 Å². The van der Waals surface area contributed by atoms with Crippen LogP contribution in [0.4, 0.5) is 0 Å². The number of benzene rings is 2. The van der Waals surface area contributed by atoms with Gasteiger partial charge in [0.1, 0.15) is 5.75 Å². The molecule has 70 valence electrons. The summed E-state index contributed by atoms with van der Waals surface area (Å²) in [7, 11) is 0. The Balaban J connectivity index is 2.75. The van der Waals surface area contributed by atoms with Gasteiger partial charge >= 0.3 is 0 Å². The zero-order chi connectivity index (χ0) is 9.97. The summed E-state index contributed by atoms with van der Waals surface area (Å²) in [6.07, 6.45) is 1.21. The van der Waals surface area contributed by atoms with E-state index < -0.39 is 0 Å². The lowest BCUT2D eigenvalue weighted by molar-refractivity contribution is 0.321. The third kappa shape index (κ3) is 1.29. The van der Waals surface area contributed by atoms with Crippen molar-refractivity contribution >= 4 is 17.0 Å². The molecule has 0 aliphatic heterocycles. The maximum Gasteiger partial charge on any atom is 0.132 e. The van der Waals surface area contributed by atoms with Crippen LogP contribution >= 0.6 is 0 Å². The SMILES string of the molecule is ON=Cc1ccc2ccccc2c1O. The predicted octanol–water partition coefficient (Wildman–Crippen LogP) is 2.35. The van der Waals surface area contributed by atoms with Crippen molar-refractivity contribution in [2.75, 3.05) is 0 Å². The Morgan fingerprint density at radius 1 is 1.07 bits per heavy atom. The molecule has 0 radical (unpaired) electrons. The van der Waals surface area contributed by atoms with Crippen molar-refractivity contribution in [3.05, 3.63) is 42.0 Å². The second-order valence-corrected chi connectivity index (χ2v) is 2.97. The second-order valence-electron chi connectivity index (χ2n) is 2.97. The molecule has 0 amide bonds. The van der Waals surface area contributed by atoms with Crippen molar-refractivity contribution in [1.29, 1.82) is 0 Å². The molecule has 0 aromatic heterocycles. The van der Waals surface area contributed by atoms with Crippen molar-refractivity contribution in [2.24, 2.45) is 5.16 Å². The zero-order valence-electron chi connectivity index (χ0n) is 7.38.